The van der Waals surface area contributed by atoms with Gasteiger partial charge in [-0.3, -0.25) is 4.79 Å². The molecule has 2 rings (SSSR count). The fraction of sp³-hybridized carbons (Fsp3) is 0.231. The van der Waals surface area contributed by atoms with Crippen molar-refractivity contribution >= 4 is 17.2 Å². The summed E-state index contributed by atoms with van der Waals surface area (Å²) >= 11 is 0.235. The molecule has 0 spiro atoms. The summed E-state index contributed by atoms with van der Waals surface area (Å²) in [6, 6.07) is 4.32. The van der Waals surface area contributed by atoms with Crippen molar-refractivity contribution in [2.24, 2.45) is 5.73 Å². The lowest BCUT2D eigenvalue weighted by molar-refractivity contribution is -0.137. The predicted octanol–water partition coefficient (Wildman–Crippen LogP) is 2.69. The first-order valence-electron chi connectivity index (χ1n) is 6.10. The Kier molecular flexibility index (Phi) is 4.77. The topological polar surface area (TPSA) is 68.0 Å². The summed E-state index contributed by atoms with van der Waals surface area (Å²) in [6.45, 7) is 0.0411. The van der Waals surface area contributed by atoms with Gasteiger partial charge in [-0.05, 0) is 11.6 Å². The predicted molar refractivity (Wildman–Crippen MR) is 72.6 cm³/mol. The number of nitrogens with one attached hydrogen (secondary N) is 1. The number of alkyl halides is 3. The molecule has 1 amide bonds. The molecule has 0 atom stereocenters. The fourth-order valence-corrected chi connectivity index (χ4v) is 2.33. The van der Waals surface area contributed by atoms with E-state index in [1.807, 2.05) is 0 Å². The molecule has 0 unspecified atom stereocenters. The van der Waals surface area contributed by atoms with Crippen LogP contribution in [-0.2, 0) is 19.3 Å². The normalized spacial score (nSPS) is 11.5. The summed E-state index contributed by atoms with van der Waals surface area (Å²) in [4.78, 5) is 14.7. The molecular weight excluding hydrogens is 322 g/mol. The van der Waals surface area contributed by atoms with Crippen LogP contribution in [0.15, 0.2) is 24.4 Å². The Morgan fingerprint density at radius 1 is 1.36 bits per heavy atom. The van der Waals surface area contributed by atoms with Crippen LogP contribution in [0, 0.1) is 5.82 Å². The van der Waals surface area contributed by atoms with Gasteiger partial charge in [-0.15, -0.1) is 11.3 Å². The van der Waals surface area contributed by atoms with E-state index in [9.17, 15) is 22.4 Å². The molecule has 3 N–H and O–H groups in total. The first-order chi connectivity index (χ1) is 10.3. The Balaban J connectivity index is 2.02. The Bertz CT molecular complexity index is 684. The Labute approximate surface area is 127 Å². The van der Waals surface area contributed by atoms with Gasteiger partial charge < -0.3 is 11.1 Å². The summed E-state index contributed by atoms with van der Waals surface area (Å²) in [7, 11) is 0. The van der Waals surface area contributed by atoms with Gasteiger partial charge >= 0.3 is 6.18 Å². The number of thiazole rings is 1. The fourth-order valence-electron chi connectivity index (χ4n) is 1.63. The monoisotopic (exact) mass is 333 g/mol. The number of hydrogen-bond acceptors (Lipinski definition) is 4. The van der Waals surface area contributed by atoms with Crippen LogP contribution in [0.2, 0.25) is 0 Å². The van der Waals surface area contributed by atoms with Crippen LogP contribution in [0.1, 0.15) is 25.8 Å². The van der Waals surface area contributed by atoms with Crippen molar-refractivity contribution in [2.45, 2.75) is 19.3 Å². The minimum Gasteiger partial charge on any atom is -0.347 e. The lowest BCUT2D eigenvalue weighted by Gasteiger charge is -2.06. The SMILES string of the molecule is NCc1ccc(CNC(=O)c2cnc(C(F)(F)F)s2)c(F)c1. The second-order valence-electron chi connectivity index (χ2n) is 4.34. The third-order valence-electron chi connectivity index (χ3n) is 2.76. The van der Waals surface area contributed by atoms with Crippen LogP contribution in [0.25, 0.3) is 0 Å². The van der Waals surface area contributed by atoms with Gasteiger partial charge in [0.05, 0.1) is 6.20 Å². The second kappa shape index (κ2) is 6.41. The first-order valence-corrected chi connectivity index (χ1v) is 6.91. The summed E-state index contributed by atoms with van der Waals surface area (Å²) in [5.74, 6) is -1.28. The van der Waals surface area contributed by atoms with E-state index in [2.05, 4.69) is 10.3 Å². The number of hydrogen-bond donors (Lipinski definition) is 2. The highest BCUT2D eigenvalue weighted by molar-refractivity contribution is 7.13. The van der Waals surface area contributed by atoms with Crippen molar-refractivity contribution in [1.82, 2.24) is 10.3 Å². The molecule has 0 aliphatic carbocycles. The van der Waals surface area contributed by atoms with E-state index in [1.165, 1.54) is 12.1 Å². The minimum atomic E-state index is -4.59. The van der Waals surface area contributed by atoms with E-state index in [1.54, 1.807) is 6.07 Å². The number of rotatable bonds is 4. The summed E-state index contributed by atoms with van der Waals surface area (Å²) in [5, 5.41) is 1.25. The van der Waals surface area contributed by atoms with Crippen molar-refractivity contribution in [3.05, 3.63) is 51.2 Å². The third kappa shape index (κ3) is 3.80. The largest absolute Gasteiger partial charge is 0.443 e. The average Bonchev–Trinajstić information content (AvgIpc) is 2.95. The molecule has 0 aliphatic heterocycles. The zero-order valence-electron chi connectivity index (χ0n) is 11.1. The maximum absolute atomic E-state index is 13.7. The number of benzene rings is 1. The highest BCUT2D eigenvalue weighted by Crippen LogP contribution is 2.32. The molecule has 0 radical (unpaired) electrons. The molecule has 0 bridgehead atoms. The average molecular weight is 333 g/mol. The molecule has 9 heteroatoms. The van der Waals surface area contributed by atoms with Crippen LogP contribution in [0.5, 0.6) is 0 Å². The lowest BCUT2D eigenvalue weighted by Crippen LogP contribution is -2.22. The maximum Gasteiger partial charge on any atom is 0.443 e. The van der Waals surface area contributed by atoms with Gasteiger partial charge in [-0.25, -0.2) is 9.37 Å². The number of amides is 1. The molecule has 4 nitrogen and oxygen atoms in total. The van der Waals surface area contributed by atoms with Crippen LogP contribution in [-0.4, -0.2) is 10.9 Å². The minimum absolute atomic E-state index is 0.144. The molecule has 0 aliphatic rings. The molecule has 2 aromatic rings. The zero-order valence-corrected chi connectivity index (χ0v) is 11.9. The third-order valence-corrected chi connectivity index (χ3v) is 3.81. The van der Waals surface area contributed by atoms with Crippen molar-refractivity contribution in [3.63, 3.8) is 0 Å². The van der Waals surface area contributed by atoms with Gasteiger partial charge in [-0.2, -0.15) is 13.2 Å². The van der Waals surface area contributed by atoms with Crippen LogP contribution < -0.4 is 11.1 Å². The zero-order chi connectivity index (χ0) is 16.3. The maximum atomic E-state index is 13.7. The van der Waals surface area contributed by atoms with Crippen LogP contribution >= 0.6 is 11.3 Å². The van der Waals surface area contributed by atoms with Crippen molar-refractivity contribution in [1.29, 1.82) is 0 Å². The summed E-state index contributed by atoms with van der Waals surface area (Å²) < 4.78 is 50.9. The second-order valence-corrected chi connectivity index (χ2v) is 5.37. The Hall–Kier alpha value is -2.00. The van der Waals surface area contributed by atoms with E-state index in [0.717, 1.165) is 6.20 Å². The highest BCUT2D eigenvalue weighted by atomic mass is 32.1. The van der Waals surface area contributed by atoms with Gasteiger partial charge in [0.1, 0.15) is 10.7 Å². The number of halogens is 4. The van der Waals surface area contributed by atoms with Gasteiger partial charge in [0.15, 0.2) is 5.01 Å². The summed E-state index contributed by atoms with van der Waals surface area (Å²) in [6.07, 6.45) is -3.75. The van der Waals surface area contributed by atoms with Crippen LogP contribution in [0.4, 0.5) is 17.6 Å². The van der Waals surface area contributed by atoms with E-state index in [4.69, 9.17) is 5.73 Å². The quantitative estimate of drug-likeness (QED) is 0.846. The Morgan fingerprint density at radius 2 is 2.09 bits per heavy atom. The molecule has 0 saturated heterocycles. The molecular formula is C13H11F4N3OS. The van der Waals surface area contributed by atoms with Gasteiger partial charge in [0.2, 0.25) is 0 Å². The van der Waals surface area contributed by atoms with E-state index >= 15 is 0 Å². The van der Waals surface area contributed by atoms with Crippen LogP contribution in [0.3, 0.4) is 0 Å². The molecule has 1 heterocycles. The first kappa shape index (κ1) is 16.4. The number of carbonyl (C=O) groups is 1. The molecule has 0 fully saturated rings. The van der Waals surface area contributed by atoms with Crippen molar-refractivity contribution in [2.75, 3.05) is 0 Å². The van der Waals surface area contributed by atoms with Crippen molar-refractivity contribution < 1.29 is 22.4 Å². The standard InChI is InChI=1S/C13H11F4N3OS/c14-9-3-7(4-18)1-2-8(9)5-19-11(21)10-6-20-12(22-10)13(15,16)17/h1-3,6H,4-5,18H2,(H,19,21). The highest BCUT2D eigenvalue weighted by Gasteiger charge is 2.35. The smallest absolute Gasteiger partial charge is 0.347 e. The Morgan fingerprint density at radius 3 is 2.64 bits per heavy atom. The number of aromatic nitrogens is 1. The van der Waals surface area contributed by atoms with Gasteiger partial charge in [0, 0.05) is 18.7 Å². The number of nitrogens with two attached hydrogens (primary N) is 1. The number of nitrogens with zero attached hydrogens (tertiary/aromatic N) is 1. The molecule has 1 aromatic heterocycles. The van der Waals surface area contributed by atoms with Crippen molar-refractivity contribution in [3.8, 4) is 0 Å². The van der Waals surface area contributed by atoms with E-state index < -0.39 is 22.9 Å². The lowest BCUT2D eigenvalue weighted by atomic mass is 10.1. The molecule has 22 heavy (non-hydrogen) atoms. The molecule has 0 saturated carbocycles. The van der Waals surface area contributed by atoms with Gasteiger partial charge in [0.25, 0.3) is 5.91 Å². The van der Waals surface area contributed by atoms with Gasteiger partial charge in [-0.1, -0.05) is 12.1 Å². The molecule has 1 aromatic carbocycles. The summed E-state index contributed by atoms with van der Waals surface area (Å²) in [5.41, 5.74) is 6.19. The number of carbonyl (C=O) groups excluding carboxylic acids is 1. The molecule has 118 valence electrons. The van der Waals surface area contributed by atoms with E-state index in [0.29, 0.717) is 5.56 Å². The van der Waals surface area contributed by atoms with E-state index in [-0.39, 0.29) is 34.9 Å².